The molecule has 84 valence electrons. The van der Waals surface area contributed by atoms with Gasteiger partial charge in [-0.2, -0.15) is 0 Å². The zero-order valence-electron chi connectivity index (χ0n) is 7.66. The van der Waals surface area contributed by atoms with E-state index in [4.69, 9.17) is 20.5 Å². The van der Waals surface area contributed by atoms with Crippen molar-refractivity contribution in [2.75, 3.05) is 0 Å². The summed E-state index contributed by atoms with van der Waals surface area (Å²) in [6.45, 7) is 0. The van der Waals surface area contributed by atoms with Crippen LogP contribution in [0.5, 0.6) is 0 Å². The molecule has 0 aliphatic carbocycles. The minimum absolute atomic E-state index is 1.05. The molecule has 0 spiro atoms. The van der Waals surface area contributed by atoms with E-state index < -0.39 is 20.0 Å². The van der Waals surface area contributed by atoms with Crippen LogP contribution in [0, 0.1) is 0 Å². The second-order valence-corrected chi connectivity index (χ2v) is 3.59. The summed E-state index contributed by atoms with van der Waals surface area (Å²) in [6, 6.07) is 0. The van der Waals surface area contributed by atoms with Crippen LogP contribution in [0.4, 0.5) is 0 Å². The van der Waals surface area contributed by atoms with Crippen LogP contribution in [0.25, 0.3) is 0 Å². The summed E-state index contributed by atoms with van der Waals surface area (Å²) >= 11 is 0. The van der Waals surface area contributed by atoms with E-state index >= 15 is 0 Å². The fourth-order valence-corrected chi connectivity index (χ4v) is 1.48. The summed E-state index contributed by atoms with van der Waals surface area (Å²) in [5, 5.41) is 19.8. The maximum absolute atomic E-state index is 11.4. The summed E-state index contributed by atoms with van der Waals surface area (Å²) in [4.78, 5) is 0. The minimum Gasteiger partial charge on any atom is -0.274 e. The third-order valence-electron chi connectivity index (χ3n) is 1.43. The molecule has 2 heterocycles. The van der Waals surface area contributed by atoms with Gasteiger partial charge in [0, 0.05) is 4.57 Å². The normalized spacial score (nSPS) is 36.2. The van der Waals surface area contributed by atoms with Crippen molar-refractivity contribution in [2.45, 2.75) is 11.7 Å². The standard InChI is InChI=1S/C4H6N8O3P/c5-3(1-7-11-9-3)14-16(13)15-4(6)2-8-12-10-4/h1-2H,5-6H2/q+1. The van der Waals surface area contributed by atoms with Crippen LogP contribution in [-0.2, 0) is 13.6 Å². The first-order chi connectivity index (χ1) is 7.52. The van der Waals surface area contributed by atoms with Gasteiger partial charge in [-0.15, -0.1) is 20.4 Å². The summed E-state index contributed by atoms with van der Waals surface area (Å²) in [5.41, 5.74) is 10.9. The van der Waals surface area contributed by atoms with E-state index in [2.05, 4.69) is 30.9 Å². The summed E-state index contributed by atoms with van der Waals surface area (Å²) in [5.74, 6) is -3.42. The van der Waals surface area contributed by atoms with Crippen LogP contribution < -0.4 is 11.5 Å². The summed E-state index contributed by atoms with van der Waals surface area (Å²) < 4.78 is 20.9. The second kappa shape index (κ2) is 3.81. The van der Waals surface area contributed by atoms with Crippen molar-refractivity contribution in [3.05, 3.63) is 0 Å². The van der Waals surface area contributed by atoms with Gasteiger partial charge in [0.05, 0.1) is 0 Å². The smallest absolute Gasteiger partial charge is 0.274 e. The maximum atomic E-state index is 11.4. The topological polar surface area (TPSA) is 162 Å². The monoisotopic (exact) mass is 245 g/mol. The summed E-state index contributed by atoms with van der Waals surface area (Å²) in [6.07, 6.45) is 2.11. The number of nitrogens with two attached hydrogens (primary N) is 2. The molecule has 2 aliphatic rings. The van der Waals surface area contributed by atoms with Crippen LogP contribution >= 0.6 is 8.25 Å². The predicted molar refractivity (Wildman–Crippen MR) is 50.3 cm³/mol. The molecular formula is C4H6N8O3P+. The van der Waals surface area contributed by atoms with Gasteiger partial charge in [0.2, 0.25) is 0 Å². The molecule has 0 saturated carbocycles. The van der Waals surface area contributed by atoms with E-state index in [0.29, 0.717) is 0 Å². The molecule has 12 heteroatoms. The van der Waals surface area contributed by atoms with Gasteiger partial charge in [-0.1, -0.05) is 9.05 Å². The van der Waals surface area contributed by atoms with Gasteiger partial charge in [-0.05, 0) is 10.4 Å². The van der Waals surface area contributed by atoms with E-state index in [-0.39, 0.29) is 0 Å². The molecule has 0 bridgehead atoms. The third-order valence-corrected chi connectivity index (χ3v) is 2.32. The molecule has 0 saturated heterocycles. The van der Waals surface area contributed by atoms with Crippen LogP contribution in [0.3, 0.4) is 0 Å². The molecule has 4 N–H and O–H groups in total. The lowest BCUT2D eigenvalue weighted by atomic mass is 10.5. The lowest BCUT2D eigenvalue weighted by Crippen LogP contribution is -2.42. The second-order valence-electron chi connectivity index (χ2n) is 2.78. The van der Waals surface area contributed by atoms with Gasteiger partial charge in [0.15, 0.2) is 0 Å². The first kappa shape index (κ1) is 11.0. The molecule has 0 aromatic heterocycles. The van der Waals surface area contributed by atoms with Crippen LogP contribution in [0.1, 0.15) is 0 Å². The third kappa shape index (κ3) is 2.35. The summed E-state index contributed by atoms with van der Waals surface area (Å²) in [7, 11) is -2.69. The highest BCUT2D eigenvalue weighted by molar-refractivity contribution is 7.33. The predicted octanol–water partition coefficient (Wildman–Crippen LogP) is -0.195. The highest BCUT2D eigenvalue weighted by atomic mass is 31.1. The molecule has 0 amide bonds. The van der Waals surface area contributed by atoms with Crippen molar-refractivity contribution in [3.8, 4) is 0 Å². The molecule has 2 aliphatic heterocycles. The molecule has 0 aromatic carbocycles. The van der Waals surface area contributed by atoms with Gasteiger partial charge in [-0.25, -0.2) is 0 Å². The quantitative estimate of drug-likeness (QED) is 0.516. The Labute approximate surface area is 89.2 Å². The molecule has 16 heavy (non-hydrogen) atoms. The molecule has 0 radical (unpaired) electrons. The van der Waals surface area contributed by atoms with Crippen LogP contribution in [0.15, 0.2) is 30.9 Å². The number of hydrogen-bond donors (Lipinski definition) is 2. The van der Waals surface area contributed by atoms with E-state index in [0.717, 1.165) is 12.4 Å². The number of hydrogen-bond acceptors (Lipinski definition) is 11. The van der Waals surface area contributed by atoms with Crippen molar-refractivity contribution in [1.29, 1.82) is 0 Å². The highest BCUT2D eigenvalue weighted by Crippen LogP contribution is 2.34. The van der Waals surface area contributed by atoms with Crippen LogP contribution in [-0.4, -0.2) is 24.1 Å². The van der Waals surface area contributed by atoms with Gasteiger partial charge in [0.1, 0.15) is 12.4 Å². The lowest BCUT2D eigenvalue weighted by Gasteiger charge is -2.08. The average Bonchev–Trinajstić information content (AvgIpc) is 2.75. The Morgan fingerprint density at radius 2 is 1.44 bits per heavy atom. The fraction of sp³-hybridized carbons (Fsp3) is 0.500. The van der Waals surface area contributed by atoms with Crippen molar-refractivity contribution >= 4 is 20.7 Å². The molecule has 2 unspecified atom stereocenters. The molecule has 0 aromatic rings. The number of nitrogens with zero attached hydrogens (tertiary/aromatic N) is 6. The van der Waals surface area contributed by atoms with Gasteiger partial charge < -0.3 is 0 Å². The van der Waals surface area contributed by atoms with Crippen molar-refractivity contribution in [2.24, 2.45) is 42.3 Å². The van der Waals surface area contributed by atoms with E-state index in [9.17, 15) is 4.57 Å². The Hall–Kier alpha value is -1.52. The fourth-order valence-electron chi connectivity index (χ4n) is 0.801. The van der Waals surface area contributed by atoms with E-state index in [1.165, 1.54) is 0 Å². The van der Waals surface area contributed by atoms with Gasteiger partial charge in [0.25, 0.3) is 0 Å². The SMILES string of the molecule is NC1(O[P+](=O)OC2(N)C=NN=N2)C=NN=N1. The molecule has 2 rings (SSSR count). The van der Waals surface area contributed by atoms with E-state index in [1.807, 2.05) is 0 Å². The number of rotatable bonds is 4. The van der Waals surface area contributed by atoms with Crippen LogP contribution in [0.2, 0.25) is 0 Å². The average molecular weight is 245 g/mol. The Bertz CT molecular complexity index is 367. The van der Waals surface area contributed by atoms with Gasteiger partial charge in [-0.3, -0.25) is 11.5 Å². The minimum atomic E-state index is -2.69. The molecule has 0 fully saturated rings. The Kier molecular flexibility index (Phi) is 2.61. The largest absolute Gasteiger partial charge is 0.706 e. The first-order valence-electron chi connectivity index (χ1n) is 3.87. The van der Waals surface area contributed by atoms with Crippen molar-refractivity contribution in [1.82, 2.24) is 0 Å². The van der Waals surface area contributed by atoms with Crippen molar-refractivity contribution < 1.29 is 13.6 Å². The van der Waals surface area contributed by atoms with E-state index in [1.54, 1.807) is 0 Å². The Morgan fingerprint density at radius 1 is 1.00 bits per heavy atom. The zero-order chi connectivity index (χ0) is 11.6. The zero-order valence-corrected chi connectivity index (χ0v) is 8.56. The molecular weight excluding hydrogens is 239 g/mol. The highest BCUT2D eigenvalue weighted by Gasteiger charge is 2.46. The lowest BCUT2D eigenvalue weighted by molar-refractivity contribution is 0.0905. The maximum Gasteiger partial charge on any atom is 0.706 e. The Morgan fingerprint density at radius 3 is 1.75 bits per heavy atom. The van der Waals surface area contributed by atoms with Gasteiger partial charge >= 0.3 is 20.0 Å². The molecule has 11 nitrogen and oxygen atoms in total. The Balaban J connectivity index is 1.95. The van der Waals surface area contributed by atoms with Crippen molar-refractivity contribution in [3.63, 3.8) is 0 Å². The first-order valence-corrected chi connectivity index (χ1v) is 4.97. The molecule has 2 atom stereocenters.